The minimum absolute atomic E-state index is 0.0731. The van der Waals surface area contributed by atoms with E-state index < -0.39 is 17.8 Å². The summed E-state index contributed by atoms with van der Waals surface area (Å²) in [6.07, 6.45) is 1.34. The molecule has 1 aromatic heterocycles. The molecule has 0 unspecified atom stereocenters. The van der Waals surface area contributed by atoms with Gasteiger partial charge < -0.3 is 4.42 Å². The molecule has 0 atom stereocenters. The number of barbiturate groups is 1. The zero-order valence-corrected chi connectivity index (χ0v) is 20.2. The second-order valence-electron chi connectivity index (χ2n) is 8.63. The van der Waals surface area contributed by atoms with Crippen LogP contribution in [0, 0.1) is 6.92 Å². The first kappa shape index (κ1) is 23.7. The standard InChI is InChI=1S/C30H22N2O5/c1-19-11-13-24(14-12-19)32-29(35)26(28(34)31(30(32)36)23-9-4-3-5-10-23)18-25-15-16-27(37-25)22-8-6-7-21(17-22)20(2)33/h3-18H,1-2H3/b26-18+. The van der Waals surface area contributed by atoms with Gasteiger partial charge in [-0.1, -0.05) is 54.1 Å². The van der Waals surface area contributed by atoms with Gasteiger partial charge in [0.05, 0.1) is 11.4 Å². The number of imide groups is 2. The van der Waals surface area contributed by atoms with Crippen LogP contribution in [0.25, 0.3) is 17.4 Å². The zero-order chi connectivity index (χ0) is 26.1. The highest BCUT2D eigenvalue weighted by Crippen LogP contribution is 2.31. The average molecular weight is 491 g/mol. The molecule has 7 heteroatoms. The maximum Gasteiger partial charge on any atom is 0.343 e. The number of rotatable bonds is 5. The summed E-state index contributed by atoms with van der Waals surface area (Å²) in [6.45, 7) is 3.38. The highest BCUT2D eigenvalue weighted by Gasteiger charge is 2.43. The Labute approximate surface area is 213 Å². The molecule has 0 bridgehead atoms. The molecular formula is C30H22N2O5. The summed E-state index contributed by atoms with van der Waals surface area (Å²) < 4.78 is 5.91. The number of anilines is 2. The summed E-state index contributed by atoms with van der Waals surface area (Å²) in [5.41, 5.74) is 2.65. The van der Waals surface area contributed by atoms with Crippen molar-refractivity contribution in [2.75, 3.05) is 9.80 Å². The van der Waals surface area contributed by atoms with E-state index in [1.54, 1.807) is 91.0 Å². The average Bonchev–Trinajstić information content (AvgIpc) is 3.37. The smallest absolute Gasteiger partial charge is 0.343 e. The number of furan rings is 1. The first-order chi connectivity index (χ1) is 17.8. The van der Waals surface area contributed by atoms with Gasteiger partial charge in [-0.3, -0.25) is 14.4 Å². The first-order valence-electron chi connectivity index (χ1n) is 11.6. The summed E-state index contributed by atoms with van der Waals surface area (Å²) in [4.78, 5) is 54.2. The molecule has 0 spiro atoms. The fourth-order valence-corrected chi connectivity index (χ4v) is 4.08. The van der Waals surface area contributed by atoms with Gasteiger partial charge in [-0.05, 0) is 62.4 Å². The number of carbonyl (C=O) groups is 4. The lowest BCUT2D eigenvalue weighted by Gasteiger charge is -2.33. The molecule has 0 aliphatic carbocycles. The van der Waals surface area contributed by atoms with Crippen LogP contribution in [0.5, 0.6) is 0 Å². The van der Waals surface area contributed by atoms with Crippen molar-refractivity contribution >= 4 is 41.1 Å². The Morgan fingerprint density at radius 2 is 1.41 bits per heavy atom. The summed E-state index contributed by atoms with van der Waals surface area (Å²) in [5, 5.41) is 0. The number of nitrogens with zero attached hydrogens (tertiary/aromatic N) is 2. The maximum absolute atomic E-state index is 13.5. The van der Waals surface area contributed by atoms with E-state index in [9.17, 15) is 19.2 Å². The topological polar surface area (TPSA) is 87.9 Å². The van der Waals surface area contributed by atoms with E-state index in [1.165, 1.54) is 13.0 Å². The molecule has 182 valence electrons. The Morgan fingerprint density at radius 1 is 0.757 bits per heavy atom. The van der Waals surface area contributed by atoms with Crippen molar-refractivity contribution in [1.29, 1.82) is 0 Å². The van der Waals surface area contributed by atoms with Gasteiger partial charge in [0.25, 0.3) is 11.8 Å². The maximum atomic E-state index is 13.5. The van der Waals surface area contributed by atoms with Crippen molar-refractivity contribution in [3.05, 3.63) is 113 Å². The predicted octanol–water partition coefficient (Wildman–Crippen LogP) is 6.04. The predicted molar refractivity (Wildman–Crippen MR) is 140 cm³/mol. The number of hydrogen-bond acceptors (Lipinski definition) is 5. The third-order valence-electron chi connectivity index (χ3n) is 6.02. The van der Waals surface area contributed by atoms with E-state index >= 15 is 0 Å². The molecular weight excluding hydrogens is 468 g/mol. The fourth-order valence-electron chi connectivity index (χ4n) is 4.08. The summed E-state index contributed by atoms with van der Waals surface area (Å²) in [5.74, 6) is -0.845. The molecule has 4 amide bonds. The Balaban J connectivity index is 1.58. The summed E-state index contributed by atoms with van der Waals surface area (Å²) >= 11 is 0. The Hall–Kier alpha value is -5.04. The number of benzene rings is 3. The molecule has 3 aromatic carbocycles. The third-order valence-corrected chi connectivity index (χ3v) is 6.02. The van der Waals surface area contributed by atoms with E-state index in [0.29, 0.717) is 28.3 Å². The number of urea groups is 1. The SMILES string of the molecule is CC(=O)c1cccc(-c2ccc(/C=C3\C(=O)N(c4ccccc4)C(=O)N(c4ccc(C)cc4)C3=O)o2)c1. The van der Waals surface area contributed by atoms with Gasteiger partial charge in [0, 0.05) is 11.1 Å². The number of amides is 4. The van der Waals surface area contributed by atoms with Crippen LogP contribution in [-0.2, 0) is 9.59 Å². The molecule has 4 aromatic rings. The van der Waals surface area contributed by atoms with Crippen molar-refractivity contribution in [1.82, 2.24) is 0 Å². The third kappa shape index (κ3) is 4.50. The van der Waals surface area contributed by atoms with Gasteiger partial charge in [0.2, 0.25) is 0 Å². The van der Waals surface area contributed by atoms with E-state index in [2.05, 4.69) is 0 Å². The number of Topliss-reactive ketones (excluding diaryl/α,β-unsaturated/α-hetero) is 1. The number of ketones is 1. The lowest BCUT2D eigenvalue weighted by atomic mass is 10.1. The molecule has 0 N–H and O–H groups in total. The van der Waals surface area contributed by atoms with Crippen LogP contribution in [0.1, 0.15) is 28.6 Å². The van der Waals surface area contributed by atoms with Crippen LogP contribution in [0.15, 0.2) is 101 Å². The molecule has 1 saturated heterocycles. The normalized spacial score (nSPS) is 15.0. The summed E-state index contributed by atoms with van der Waals surface area (Å²) in [6, 6.07) is 24.9. The van der Waals surface area contributed by atoms with Gasteiger partial charge in [0.15, 0.2) is 5.78 Å². The number of para-hydroxylation sites is 1. The van der Waals surface area contributed by atoms with Gasteiger partial charge in [-0.15, -0.1) is 0 Å². The molecule has 1 fully saturated rings. The van der Waals surface area contributed by atoms with Crippen molar-refractivity contribution in [2.45, 2.75) is 13.8 Å². The Kier molecular flexibility index (Phi) is 6.11. The molecule has 2 heterocycles. The molecule has 0 radical (unpaired) electrons. The number of carbonyl (C=O) groups excluding carboxylic acids is 4. The van der Waals surface area contributed by atoms with Crippen LogP contribution in [0.2, 0.25) is 0 Å². The minimum atomic E-state index is -0.761. The van der Waals surface area contributed by atoms with Crippen molar-refractivity contribution in [3.63, 3.8) is 0 Å². The number of aryl methyl sites for hydroxylation is 1. The van der Waals surface area contributed by atoms with Crippen LogP contribution < -0.4 is 9.80 Å². The molecule has 7 nitrogen and oxygen atoms in total. The molecule has 1 aliphatic heterocycles. The largest absolute Gasteiger partial charge is 0.457 e. The van der Waals surface area contributed by atoms with Gasteiger partial charge in [-0.2, -0.15) is 0 Å². The zero-order valence-electron chi connectivity index (χ0n) is 20.2. The number of hydrogen-bond donors (Lipinski definition) is 0. The monoisotopic (exact) mass is 490 g/mol. The van der Waals surface area contributed by atoms with E-state index in [1.807, 2.05) is 6.92 Å². The lowest BCUT2D eigenvalue weighted by molar-refractivity contribution is -0.121. The molecule has 0 saturated carbocycles. The van der Waals surface area contributed by atoms with Gasteiger partial charge in [0.1, 0.15) is 17.1 Å². The van der Waals surface area contributed by atoms with Crippen LogP contribution in [-0.4, -0.2) is 23.6 Å². The van der Waals surface area contributed by atoms with Gasteiger partial charge >= 0.3 is 6.03 Å². The molecule has 1 aliphatic rings. The van der Waals surface area contributed by atoms with Crippen molar-refractivity contribution < 1.29 is 23.6 Å². The van der Waals surface area contributed by atoms with E-state index in [0.717, 1.165) is 15.4 Å². The van der Waals surface area contributed by atoms with E-state index in [4.69, 9.17) is 4.42 Å². The highest BCUT2D eigenvalue weighted by molar-refractivity contribution is 6.46. The second kappa shape index (κ2) is 9.54. The second-order valence-corrected chi connectivity index (χ2v) is 8.63. The Bertz CT molecular complexity index is 1570. The van der Waals surface area contributed by atoms with Crippen LogP contribution in [0.3, 0.4) is 0 Å². The van der Waals surface area contributed by atoms with Crippen LogP contribution in [0.4, 0.5) is 16.2 Å². The first-order valence-corrected chi connectivity index (χ1v) is 11.6. The van der Waals surface area contributed by atoms with Gasteiger partial charge in [-0.25, -0.2) is 14.6 Å². The van der Waals surface area contributed by atoms with Crippen LogP contribution >= 0.6 is 0 Å². The molecule has 37 heavy (non-hydrogen) atoms. The lowest BCUT2D eigenvalue weighted by Crippen LogP contribution is -2.57. The summed E-state index contributed by atoms with van der Waals surface area (Å²) in [7, 11) is 0. The quantitative estimate of drug-likeness (QED) is 0.193. The minimum Gasteiger partial charge on any atom is -0.457 e. The fraction of sp³-hybridized carbons (Fsp3) is 0.0667. The van der Waals surface area contributed by atoms with Crippen molar-refractivity contribution in [3.8, 4) is 11.3 Å². The molecule has 5 rings (SSSR count). The van der Waals surface area contributed by atoms with Crippen molar-refractivity contribution in [2.24, 2.45) is 0 Å². The Morgan fingerprint density at radius 3 is 2.05 bits per heavy atom. The highest BCUT2D eigenvalue weighted by atomic mass is 16.3. The van der Waals surface area contributed by atoms with E-state index in [-0.39, 0.29) is 17.1 Å².